The molecule has 1 unspecified atom stereocenters. The fourth-order valence-corrected chi connectivity index (χ4v) is 2.45. The van der Waals surface area contributed by atoms with Crippen molar-refractivity contribution < 1.29 is 9.53 Å². The zero-order valence-electron chi connectivity index (χ0n) is 6.84. The Morgan fingerprint density at radius 1 is 1.73 bits per heavy atom. The van der Waals surface area contributed by atoms with Gasteiger partial charge in [0.2, 0.25) is 0 Å². The lowest BCUT2D eigenvalue weighted by atomic mass is 10.0. The lowest BCUT2D eigenvalue weighted by Gasteiger charge is -2.30. The van der Waals surface area contributed by atoms with Crippen LogP contribution >= 0.6 is 11.8 Å². The van der Waals surface area contributed by atoms with Gasteiger partial charge < -0.3 is 9.53 Å². The molecule has 11 heavy (non-hydrogen) atoms. The van der Waals surface area contributed by atoms with Crippen molar-refractivity contribution in [2.45, 2.75) is 25.4 Å². The zero-order chi connectivity index (χ0) is 8.16. The molecular weight excluding hydrogens is 160 g/mol. The van der Waals surface area contributed by atoms with E-state index >= 15 is 0 Å². The average Bonchev–Trinajstić information content (AvgIpc) is 2.07. The quantitative estimate of drug-likeness (QED) is 0.606. The Hall–Kier alpha value is -0.0200. The minimum Gasteiger partial charge on any atom is -0.367 e. The smallest absolute Gasteiger partial charge is 0.152 e. The number of rotatable bonds is 3. The third-order valence-corrected chi connectivity index (χ3v) is 3.15. The highest BCUT2D eigenvalue weighted by molar-refractivity contribution is 7.99. The molecule has 64 valence electrons. The predicted octanol–water partition coefficient (Wildman–Crippen LogP) is 1.49. The number of carbonyl (C=O) groups excluding carboxylic acids is 1. The van der Waals surface area contributed by atoms with E-state index in [1.165, 1.54) is 5.75 Å². The Morgan fingerprint density at radius 3 is 3.00 bits per heavy atom. The molecular formula is C8H14O2S. The third kappa shape index (κ3) is 2.20. The lowest BCUT2D eigenvalue weighted by molar-refractivity contribution is -0.129. The van der Waals surface area contributed by atoms with Gasteiger partial charge in [0, 0.05) is 12.4 Å². The van der Waals surface area contributed by atoms with Gasteiger partial charge in [-0.2, -0.15) is 11.8 Å². The van der Waals surface area contributed by atoms with Gasteiger partial charge in [0.05, 0.1) is 0 Å². The largest absolute Gasteiger partial charge is 0.367 e. The zero-order valence-corrected chi connectivity index (χ0v) is 7.65. The van der Waals surface area contributed by atoms with E-state index in [2.05, 4.69) is 0 Å². The van der Waals surface area contributed by atoms with Crippen molar-refractivity contribution in [1.29, 1.82) is 0 Å². The summed E-state index contributed by atoms with van der Waals surface area (Å²) >= 11 is 1.81. The molecule has 0 aliphatic carbocycles. The van der Waals surface area contributed by atoms with E-state index < -0.39 is 5.60 Å². The maximum absolute atomic E-state index is 10.7. The number of hydrogen-bond donors (Lipinski definition) is 0. The summed E-state index contributed by atoms with van der Waals surface area (Å²) in [5, 5.41) is 0. The fourth-order valence-electron chi connectivity index (χ4n) is 1.32. The molecule has 0 aromatic rings. The second kappa shape index (κ2) is 4.12. The molecule has 0 N–H and O–H groups in total. The molecule has 0 amide bonds. The van der Waals surface area contributed by atoms with Crippen LogP contribution in [0.15, 0.2) is 0 Å². The van der Waals surface area contributed by atoms with E-state index in [-0.39, 0.29) is 0 Å². The number of carbonyl (C=O) groups is 1. The van der Waals surface area contributed by atoms with Gasteiger partial charge >= 0.3 is 0 Å². The normalized spacial score (nSPS) is 31.7. The van der Waals surface area contributed by atoms with Crippen LogP contribution in [0, 0.1) is 0 Å². The second-order valence-electron chi connectivity index (χ2n) is 2.77. The standard InChI is InChI=1S/C8H14O2S/c1-2-10-8(6-9)4-3-5-11-7-8/h6H,2-5,7H2,1H3. The molecule has 3 heteroatoms. The highest BCUT2D eigenvalue weighted by Gasteiger charge is 2.32. The maximum atomic E-state index is 10.7. The Balaban J connectivity index is 2.49. The van der Waals surface area contributed by atoms with Crippen molar-refractivity contribution >= 4 is 18.0 Å². The molecule has 1 saturated heterocycles. The summed E-state index contributed by atoms with van der Waals surface area (Å²) in [5.74, 6) is 2.01. The van der Waals surface area contributed by atoms with Crippen LogP contribution in [0.3, 0.4) is 0 Å². The molecule has 0 aromatic carbocycles. The van der Waals surface area contributed by atoms with Crippen molar-refractivity contribution in [1.82, 2.24) is 0 Å². The van der Waals surface area contributed by atoms with Crippen molar-refractivity contribution in [2.24, 2.45) is 0 Å². The molecule has 1 atom stereocenters. The molecule has 1 fully saturated rings. The van der Waals surface area contributed by atoms with Crippen molar-refractivity contribution in [3.63, 3.8) is 0 Å². The summed E-state index contributed by atoms with van der Waals surface area (Å²) < 4.78 is 5.43. The van der Waals surface area contributed by atoms with Crippen LogP contribution in [0.1, 0.15) is 19.8 Å². The van der Waals surface area contributed by atoms with Gasteiger partial charge in [-0.25, -0.2) is 0 Å². The van der Waals surface area contributed by atoms with E-state index in [0.29, 0.717) is 6.61 Å². The van der Waals surface area contributed by atoms with Gasteiger partial charge in [0.25, 0.3) is 0 Å². The van der Waals surface area contributed by atoms with Crippen LogP contribution in [0.5, 0.6) is 0 Å². The van der Waals surface area contributed by atoms with Crippen molar-refractivity contribution in [3.05, 3.63) is 0 Å². The molecule has 2 nitrogen and oxygen atoms in total. The van der Waals surface area contributed by atoms with E-state index in [9.17, 15) is 4.79 Å². The Morgan fingerprint density at radius 2 is 2.55 bits per heavy atom. The number of ether oxygens (including phenoxy) is 1. The number of hydrogen-bond acceptors (Lipinski definition) is 3. The van der Waals surface area contributed by atoms with E-state index in [1.54, 1.807) is 0 Å². The maximum Gasteiger partial charge on any atom is 0.152 e. The molecule has 1 aliphatic rings. The molecule has 1 aliphatic heterocycles. The summed E-state index contributed by atoms with van der Waals surface area (Å²) in [4.78, 5) is 10.7. The molecule has 0 spiro atoms. The first-order valence-corrected chi connectivity index (χ1v) is 5.16. The topological polar surface area (TPSA) is 26.3 Å². The lowest BCUT2D eigenvalue weighted by Crippen LogP contribution is -2.39. The van der Waals surface area contributed by atoms with Crippen LogP contribution in [-0.4, -0.2) is 30.0 Å². The fraction of sp³-hybridized carbons (Fsp3) is 0.875. The summed E-state index contributed by atoms with van der Waals surface area (Å²) in [5.41, 5.74) is -0.447. The van der Waals surface area contributed by atoms with E-state index in [1.807, 2.05) is 18.7 Å². The van der Waals surface area contributed by atoms with Crippen LogP contribution in [0.4, 0.5) is 0 Å². The van der Waals surface area contributed by atoms with Gasteiger partial charge in [-0.3, -0.25) is 0 Å². The van der Waals surface area contributed by atoms with Crippen molar-refractivity contribution in [3.8, 4) is 0 Å². The summed E-state index contributed by atoms with van der Waals surface area (Å²) in [7, 11) is 0. The highest BCUT2D eigenvalue weighted by atomic mass is 32.2. The predicted molar refractivity (Wildman–Crippen MR) is 47.0 cm³/mol. The first kappa shape index (κ1) is 9.07. The molecule has 0 radical (unpaired) electrons. The van der Waals surface area contributed by atoms with E-state index in [0.717, 1.165) is 24.9 Å². The molecule has 0 saturated carbocycles. The monoisotopic (exact) mass is 174 g/mol. The van der Waals surface area contributed by atoms with Crippen LogP contribution in [-0.2, 0) is 9.53 Å². The first-order valence-electron chi connectivity index (χ1n) is 4.01. The third-order valence-electron chi connectivity index (χ3n) is 1.88. The Kier molecular flexibility index (Phi) is 3.40. The molecule has 1 rings (SSSR count). The van der Waals surface area contributed by atoms with Gasteiger partial charge in [-0.15, -0.1) is 0 Å². The second-order valence-corrected chi connectivity index (χ2v) is 3.88. The molecule has 0 bridgehead atoms. The molecule has 0 aromatic heterocycles. The van der Waals surface area contributed by atoms with Crippen molar-refractivity contribution in [2.75, 3.05) is 18.1 Å². The first-order chi connectivity index (χ1) is 5.33. The summed E-state index contributed by atoms with van der Waals surface area (Å²) in [6.45, 7) is 2.57. The number of thioether (sulfide) groups is 1. The van der Waals surface area contributed by atoms with Gasteiger partial charge in [-0.05, 0) is 25.5 Å². The van der Waals surface area contributed by atoms with Gasteiger partial charge in [0.1, 0.15) is 5.60 Å². The summed E-state index contributed by atoms with van der Waals surface area (Å²) in [6, 6.07) is 0. The molecule has 1 heterocycles. The van der Waals surface area contributed by atoms with Crippen LogP contribution in [0.2, 0.25) is 0 Å². The number of aldehydes is 1. The average molecular weight is 174 g/mol. The SMILES string of the molecule is CCOC1(C=O)CCCSC1. The Bertz CT molecular complexity index is 125. The van der Waals surface area contributed by atoms with Gasteiger partial charge in [0.15, 0.2) is 6.29 Å². The van der Waals surface area contributed by atoms with Crippen LogP contribution < -0.4 is 0 Å². The van der Waals surface area contributed by atoms with E-state index in [4.69, 9.17) is 4.74 Å². The Labute approximate surface area is 71.7 Å². The summed E-state index contributed by atoms with van der Waals surface area (Å²) in [6.07, 6.45) is 2.98. The minimum absolute atomic E-state index is 0.447. The van der Waals surface area contributed by atoms with Crippen LogP contribution in [0.25, 0.3) is 0 Å². The van der Waals surface area contributed by atoms with Gasteiger partial charge in [-0.1, -0.05) is 0 Å². The highest BCUT2D eigenvalue weighted by Crippen LogP contribution is 2.28. The minimum atomic E-state index is -0.447.